The lowest BCUT2D eigenvalue weighted by atomic mass is 9.84. The Morgan fingerprint density at radius 2 is 2.00 bits per heavy atom. The molecule has 3 nitrogen and oxygen atoms in total. The van der Waals surface area contributed by atoms with Crippen molar-refractivity contribution in [1.29, 1.82) is 0 Å². The van der Waals surface area contributed by atoms with E-state index in [1.165, 1.54) is 32.1 Å². The largest absolute Gasteiger partial charge is 0.381 e. The maximum absolute atomic E-state index is 6.24. The van der Waals surface area contributed by atoms with Crippen molar-refractivity contribution in [3.05, 3.63) is 0 Å². The van der Waals surface area contributed by atoms with E-state index in [4.69, 9.17) is 10.5 Å². The van der Waals surface area contributed by atoms with Gasteiger partial charge in [-0.1, -0.05) is 13.3 Å². The van der Waals surface area contributed by atoms with Gasteiger partial charge in [0.2, 0.25) is 0 Å². The molecule has 2 unspecified atom stereocenters. The van der Waals surface area contributed by atoms with Crippen molar-refractivity contribution < 1.29 is 4.74 Å². The highest BCUT2D eigenvalue weighted by Gasteiger charge is 2.38. The van der Waals surface area contributed by atoms with E-state index in [1.54, 1.807) is 0 Å². The maximum atomic E-state index is 6.24. The number of rotatable bonds is 3. The number of hydrogen-bond donors (Lipinski definition) is 1. The van der Waals surface area contributed by atoms with Crippen molar-refractivity contribution in [3.8, 4) is 0 Å². The SMILES string of the molecule is CN(CC1(C)CCCC1N)C1CCOCC1. The molecule has 0 aromatic carbocycles. The van der Waals surface area contributed by atoms with Gasteiger partial charge in [0, 0.05) is 31.8 Å². The molecule has 2 fully saturated rings. The summed E-state index contributed by atoms with van der Waals surface area (Å²) in [5.41, 5.74) is 6.58. The number of nitrogens with zero attached hydrogens (tertiary/aromatic N) is 1. The molecule has 1 saturated carbocycles. The first kappa shape index (κ1) is 12.3. The second kappa shape index (κ2) is 5.03. The second-order valence-corrected chi connectivity index (χ2v) is 5.91. The Hall–Kier alpha value is -0.120. The van der Waals surface area contributed by atoms with E-state index in [-0.39, 0.29) is 0 Å². The zero-order chi connectivity index (χ0) is 11.6. The highest BCUT2D eigenvalue weighted by molar-refractivity contribution is 4.94. The minimum atomic E-state index is 0.340. The molecule has 0 radical (unpaired) electrons. The van der Waals surface area contributed by atoms with Crippen LogP contribution in [0.15, 0.2) is 0 Å². The van der Waals surface area contributed by atoms with Gasteiger partial charge >= 0.3 is 0 Å². The van der Waals surface area contributed by atoms with E-state index >= 15 is 0 Å². The molecule has 1 saturated heterocycles. The maximum Gasteiger partial charge on any atom is 0.0480 e. The molecule has 2 N–H and O–H groups in total. The summed E-state index contributed by atoms with van der Waals surface area (Å²) in [6.07, 6.45) is 6.17. The topological polar surface area (TPSA) is 38.5 Å². The van der Waals surface area contributed by atoms with Crippen LogP contribution in [0.2, 0.25) is 0 Å². The lowest BCUT2D eigenvalue weighted by molar-refractivity contribution is 0.0281. The number of ether oxygens (including phenoxy) is 1. The van der Waals surface area contributed by atoms with E-state index in [1.807, 2.05) is 0 Å². The summed E-state index contributed by atoms with van der Waals surface area (Å²) in [4.78, 5) is 2.52. The van der Waals surface area contributed by atoms with Crippen molar-refractivity contribution in [2.75, 3.05) is 26.8 Å². The molecule has 0 bridgehead atoms. The fraction of sp³-hybridized carbons (Fsp3) is 1.00. The smallest absolute Gasteiger partial charge is 0.0480 e. The lowest BCUT2D eigenvalue weighted by Crippen LogP contribution is -2.47. The van der Waals surface area contributed by atoms with Gasteiger partial charge in [-0.25, -0.2) is 0 Å². The monoisotopic (exact) mass is 226 g/mol. The molecule has 2 atom stereocenters. The fourth-order valence-corrected chi connectivity index (χ4v) is 3.28. The summed E-state index contributed by atoms with van der Waals surface area (Å²) in [6, 6.07) is 1.10. The molecule has 16 heavy (non-hydrogen) atoms. The Labute approximate surface area is 99.3 Å². The zero-order valence-electron chi connectivity index (χ0n) is 10.7. The van der Waals surface area contributed by atoms with Crippen molar-refractivity contribution >= 4 is 0 Å². The summed E-state index contributed by atoms with van der Waals surface area (Å²) >= 11 is 0. The molecule has 2 aliphatic rings. The Bertz CT molecular complexity index is 228. The summed E-state index contributed by atoms with van der Waals surface area (Å²) in [7, 11) is 2.26. The first-order valence-electron chi connectivity index (χ1n) is 6.65. The third-order valence-corrected chi connectivity index (χ3v) is 4.58. The van der Waals surface area contributed by atoms with E-state index in [2.05, 4.69) is 18.9 Å². The minimum Gasteiger partial charge on any atom is -0.381 e. The van der Waals surface area contributed by atoms with E-state index in [0.717, 1.165) is 19.8 Å². The Balaban J connectivity index is 1.87. The highest BCUT2D eigenvalue weighted by atomic mass is 16.5. The van der Waals surface area contributed by atoms with Crippen molar-refractivity contribution in [1.82, 2.24) is 4.90 Å². The molecule has 1 aliphatic carbocycles. The molecule has 2 rings (SSSR count). The van der Waals surface area contributed by atoms with Crippen LogP contribution in [0.3, 0.4) is 0 Å². The quantitative estimate of drug-likeness (QED) is 0.794. The molecular formula is C13H26N2O. The van der Waals surface area contributed by atoms with Crippen molar-refractivity contribution in [2.45, 2.75) is 51.1 Å². The Morgan fingerprint density at radius 1 is 1.31 bits per heavy atom. The van der Waals surface area contributed by atoms with Gasteiger partial charge in [0.1, 0.15) is 0 Å². The van der Waals surface area contributed by atoms with Crippen LogP contribution < -0.4 is 5.73 Å². The molecule has 1 aliphatic heterocycles. The van der Waals surface area contributed by atoms with Crippen LogP contribution in [0.25, 0.3) is 0 Å². The van der Waals surface area contributed by atoms with Crippen LogP contribution in [0.5, 0.6) is 0 Å². The minimum absolute atomic E-state index is 0.340. The van der Waals surface area contributed by atoms with E-state index in [0.29, 0.717) is 17.5 Å². The second-order valence-electron chi connectivity index (χ2n) is 5.91. The van der Waals surface area contributed by atoms with Gasteiger partial charge in [0.15, 0.2) is 0 Å². The zero-order valence-corrected chi connectivity index (χ0v) is 10.7. The Morgan fingerprint density at radius 3 is 2.56 bits per heavy atom. The van der Waals surface area contributed by atoms with Gasteiger partial charge < -0.3 is 15.4 Å². The van der Waals surface area contributed by atoms with Gasteiger partial charge in [-0.05, 0) is 38.1 Å². The lowest BCUT2D eigenvalue weighted by Gasteiger charge is -2.39. The van der Waals surface area contributed by atoms with Crippen molar-refractivity contribution in [3.63, 3.8) is 0 Å². The predicted molar refractivity (Wildman–Crippen MR) is 66.4 cm³/mol. The van der Waals surface area contributed by atoms with Crippen LogP contribution >= 0.6 is 0 Å². The van der Waals surface area contributed by atoms with Gasteiger partial charge in [0.05, 0.1) is 0 Å². The van der Waals surface area contributed by atoms with Crippen LogP contribution in [-0.4, -0.2) is 43.8 Å². The third kappa shape index (κ3) is 2.58. The average molecular weight is 226 g/mol. The standard InChI is InChI=1S/C13H26N2O/c1-13(7-3-4-12(13)14)10-15(2)11-5-8-16-9-6-11/h11-12H,3-10,14H2,1-2H3. The molecule has 1 heterocycles. The van der Waals surface area contributed by atoms with Gasteiger partial charge in [-0.15, -0.1) is 0 Å². The highest BCUT2D eigenvalue weighted by Crippen LogP contribution is 2.37. The molecular weight excluding hydrogens is 200 g/mol. The van der Waals surface area contributed by atoms with Crippen molar-refractivity contribution in [2.24, 2.45) is 11.1 Å². The predicted octanol–water partition coefficient (Wildman–Crippen LogP) is 1.61. The first-order valence-corrected chi connectivity index (χ1v) is 6.65. The van der Waals surface area contributed by atoms with E-state index in [9.17, 15) is 0 Å². The molecule has 3 heteroatoms. The van der Waals surface area contributed by atoms with Crippen LogP contribution in [0.4, 0.5) is 0 Å². The van der Waals surface area contributed by atoms with Crippen LogP contribution in [0, 0.1) is 5.41 Å². The Kier molecular flexibility index (Phi) is 3.88. The summed E-state index contributed by atoms with van der Waals surface area (Å²) < 4.78 is 5.41. The number of hydrogen-bond acceptors (Lipinski definition) is 3. The molecule has 0 aromatic rings. The molecule has 94 valence electrons. The molecule has 0 spiro atoms. The fourth-order valence-electron chi connectivity index (χ4n) is 3.28. The molecule has 0 aromatic heterocycles. The van der Waals surface area contributed by atoms with Crippen LogP contribution in [-0.2, 0) is 4.74 Å². The number of nitrogens with two attached hydrogens (primary N) is 1. The van der Waals surface area contributed by atoms with Gasteiger partial charge in [0.25, 0.3) is 0 Å². The van der Waals surface area contributed by atoms with Gasteiger partial charge in [-0.3, -0.25) is 0 Å². The summed E-state index contributed by atoms with van der Waals surface area (Å²) in [5.74, 6) is 0. The summed E-state index contributed by atoms with van der Waals surface area (Å²) in [6.45, 7) is 5.37. The normalized spacial score (nSPS) is 37.1. The summed E-state index contributed by atoms with van der Waals surface area (Å²) in [5, 5.41) is 0. The first-order chi connectivity index (χ1) is 7.62. The average Bonchev–Trinajstić information content (AvgIpc) is 2.60. The van der Waals surface area contributed by atoms with Gasteiger partial charge in [-0.2, -0.15) is 0 Å². The van der Waals surface area contributed by atoms with E-state index < -0.39 is 0 Å². The molecule has 0 amide bonds. The van der Waals surface area contributed by atoms with Crippen LogP contribution in [0.1, 0.15) is 39.0 Å². The third-order valence-electron chi connectivity index (χ3n) is 4.58.